The fourth-order valence-corrected chi connectivity index (χ4v) is 3.58. The second-order valence-electron chi connectivity index (χ2n) is 8.10. The van der Waals surface area contributed by atoms with Crippen LogP contribution >= 0.6 is 0 Å². The zero-order valence-electron chi connectivity index (χ0n) is 18.4. The molecule has 1 N–H and O–H groups in total. The topological polar surface area (TPSA) is 46.5 Å². The van der Waals surface area contributed by atoms with Crippen LogP contribution in [0.4, 0.5) is 4.39 Å². The van der Waals surface area contributed by atoms with E-state index in [0.29, 0.717) is 6.61 Å². The largest absolute Gasteiger partial charge is 0.491 e. The molecule has 166 valence electrons. The van der Waals surface area contributed by atoms with Gasteiger partial charge in [0.25, 0.3) is 0 Å². The lowest BCUT2D eigenvalue weighted by atomic mass is 10.0. The first-order valence-corrected chi connectivity index (χ1v) is 11.8. The van der Waals surface area contributed by atoms with E-state index in [1.165, 1.54) is 102 Å². The first kappa shape index (κ1) is 25.5. The number of aromatic carboxylic acids is 1. The van der Waals surface area contributed by atoms with Crippen LogP contribution in [0.25, 0.3) is 0 Å². The molecule has 29 heavy (non-hydrogen) atoms. The molecule has 1 rings (SSSR count). The van der Waals surface area contributed by atoms with Gasteiger partial charge in [0, 0.05) is 0 Å². The molecule has 0 aromatic heterocycles. The van der Waals surface area contributed by atoms with Crippen molar-refractivity contribution in [2.24, 2.45) is 0 Å². The molecule has 0 amide bonds. The maximum absolute atomic E-state index is 13.7. The molecule has 0 radical (unpaired) electrons. The van der Waals surface area contributed by atoms with E-state index >= 15 is 0 Å². The highest BCUT2D eigenvalue weighted by Gasteiger charge is 2.08. The molecule has 0 aliphatic rings. The molecule has 0 bridgehead atoms. The highest BCUT2D eigenvalue weighted by molar-refractivity contribution is 5.87. The normalized spacial score (nSPS) is 11.0. The second-order valence-corrected chi connectivity index (χ2v) is 8.10. The zero-order chi connectivity index (χ0) is 21.2. The Labute approximate surface area is 177 Å². The molecule has 0 saturated heterocycles. The van der Waals surface area contributed by atoms with Gasteiger partial charge in [-0.2, -0.15) is 0 Å². The number of hydrogen-bond acceptors (Lipinski definition) is 2. The molecular formula is C25H41FO3. The van der Waals surface area contributed by atoms with E-state index in [9.17, 15) is 9.18 Å². The molecule has 0 aliphatic heterocycles. The Morgan fingerprint density at radius 1 is 0.793 bits per heavy atom. The van der Waals surface area contributed by atoms with Crippen molar-refractivity contribution < 1.29 is 19.0 Å². The van der Waals surface area contributed by atoms with Crippen LogP contribution in [0.1, 0.15) is 120 Å². The number of ether oxygens (including phenoxy) is 1. The summed E-state index contributed by atoms with van der Waals surface area (Å²) in [4.78, 5) is 10.8. The van der Waals surface area contributed by atoms with Gasteiger partial charge in [-0.25, -0.2) is 9.18 Å². The molecule has 0 spiro atoms. The predicted octanol–water partition coefficient (Wildman–Crippen LogP) is 8.16. The number of carboxylic acids is 1. The van der Waals surface area contributed by atoms with E-state index in [4.69, 9.17) is 9.84 Å². The van der Waals surface area contributed by atoms with Crippen molar-refractivity contribution in [2.45, 2.75) is 110 Å². The zero-order valence-corrected chi connectivity index (χ0v) is 18.4. The third kappa shape index (κ3) is 13.3. The van der Waals surface area contributed by atoms with Crippen LogP contribution in [0.3, 0.4) is 0 Å². The van der Waals surface area contributed by atoms with Gasteiger partial charge in [0.1, 0.15) is 0 Å². The van der Waals surface area contributed by atoms with Crippen molar-refractivity contribution in [3.63, 3.8) is 0 Å². The van der Waals surface area contributed by atoms with Gasteiger partial charge in [0.05, 0.1) is 12.2 Å². The highest BCUT2D eigenvalue weighted by Crippen LogP contribution is 2.19. The number of hydrogen-bond donors (Lipinski definition) is 1. The summed E-state index contributed by atoms with van der Waals surface area (Å²) < 4.78 is 19.2. The maximum atomic E-state index is 13.7. The van der Waals surface area contributed by atoms with E-state index < -0.39 is 11.8 Å². The Morgan fingerprint density at radius 2 is 1.24 bits per heavy atom. The summed E-state index contributed by atoms with van der Waals surface area (Å²) >= 11 is 0. The van der Waals surface area contributed by atoms with Crippen LogP contribution in [-0.4, -0.2) is 17.7 Å². The number of halogens is 1. The van der Waals surface area contributed by atoms with E-state index in [-0.39, 0.29) is 11.3 Å². The summed E-state index contributed by atoms with van der Waals surface area (Å²) in [5.41, 5.74) is -0.0581. The SMILES string of the molecule is CCCCCCCCCCCCCCCCCCOc1ccc(C(=O)O)cc1F. The summed E-state index contributed by atoms with van der Waals surface area (Å²) in [6, 6.07) is 3.77. The van der Waals surface area contributed by atoms with E-state index in [2.05, 4.69) is 6.92 Å². The molecule has 1 aromatic rings. The Balaban J connectivity index is 1.85. The fourth-order valence-electron chi connectivity index (χ4n) is 3.58. The molecule has 0 heterocycles. The van der Waals surface area contributed by atoms with E-state index in [0.717, 1.165) is 18.9 Å². The lowest BCUT2D eigenvalue weighted by Crippen LogP contribution is -2.02. The van der Waals surface area contributed by atoms with Crippen LogP contribution in [0.5, 0.6) is 5.75 Å². The maximum Gasteiger partial charge on any atom is 0.335 e. The monoisotopic (exact) mass is 408 g/mol. The van der Waals surface area contributed by atoms with Crippen LogP contribution in [0.2, 0.25) is 0 Å². The van der Waals surface area contributed by atoms with Crippen molar-refractivity contribution in [3.8, 4) is 5.75 Å². The quantitative estimate of drug-likeness (QED) is 0.235. The smallest absolute Gasteiger partial charge is 0.335 e. The van der Waals surface area contributed by atoms with Crippen molar-refractivity contribution in [1.29, 1.82) is 0 Å². The van der Waals surface area contributed by atoms with Gasteiger partial charge in [0.15, 0.2) is 11.6 Å². The molecular weight excluding hydrogens is 367 g/mol. The number of carbonyl (C=O) groups is 1. The average molecular weight is 409 g/mol. The molecule has 1 aromatic carbocycles. The lowest BCUT2D eigenvalue weighted by Gasteiger charge is -2.08. The first-order chi connectivity index (χ1) is 14.1. The van der Waals surface area contributed by atoms with Crippen LogP contribution < -0.4 is 4.74 Å². The highest BCUT2D eigenvalue weighted by atomic mass is 19.1. The van der Waals surface area contributed by atoms with Gasteiger partial charge in [-0.3, -0.25) is 0 Å². The van der Waals surface area contributed by atoms with E-state index in [1.807, 2.05) is 0 Å². The number of rotatable bonds is 19. The second kappa shape index (κ2) is 17.3. The van der Waals surface area contributed by atoms with Crippen LogP contribution in [0, 0.1) is 5.82 Å². The van der Waals surface area contributed by atoms with Crippen molar-refractivity contribution in [3.05, 3.63) is 29.6 Å². The molecule has 0 atom stereocenters. The Bertz CT molecular complexity index is 545. The minimum absolute atomic E-state index is 0.0581. The third-order valence-electron chi connectivity index (χ3n) is 5.43. The van der Waals surface area contributed by atoms with Gasteiger partial charge in [-0.15, -0.1) is 0 Å². The Kier molecular flexibility index (Phi) is 15.2. The molecule has 4 heteroatoms. The summed E-state index contributed by atoms with van der Waals surface area (Å²) in [5.74, 6) is -1.61. The Morgan fingerprint density at radius 3 is 1.66 bits per heavy atom. The van der Waals surface area contributed by atoms with Gasteiger partial charge < -0.3 is 9.84 Å². The van der Waals surface area contributed by atoms with Crippen LogP contribution in [0.15, 0.2) is 18.2 Å². The van der Waals surface area contributed by atoms with Crippen molar-refractivity contribution in [1.82, 2.24) is 0 Å². The summed E-state index contributed by atoms with van der Waals surface area (Å²) in [6.07, 6.45) is 21.1. The van der Waals surface area contributed by atoms with Gasteiger partial charge in [-0.05, 0) is 24.6 Å². The molecule has 0 unspecified atom stereocenters. The molecule has 0 aliphatic carbocycles. The van der Waals surface area contributed by atoms with Gasteiger partial charge in [0.2, 0.25) is 0 Å². The summed E-state index contributed by atoms with van der Waals surface area (Å²) in [6.45, 7) is 2.74. The summed E-state index contributed by atoms with van der Waals surface area (Å²) in [7, 11) is 0. The number of benzene rings is 1. The lowest BCUT2D eigenvalue weighted by molar-refractivity contribution is 0.0696. The van der Waals surface area contributed by atoms with Crippen molar-refractivity contribution >= 4 is 5.97 Å². The number of carboxylic acid groups (broad SMARTS) is 1. The minimum atomic E-state index is -1.13. The molecule has 0 fully saturated rings. The first-order valence-electron chi connectivity index (χ1n) is 11.8. The molecule has 0 saturated carbocycles. The summed E-state index contributed by atoms with van der Waals surface area (Å²) in [5, 5.41) is 8.82. The fraction of sp³-hybridized carbons (Fsp3) is 0.720. The third-order valence-corrected chi connectivity index (χ3v) is 5.43. The predicted molar refractivity (Wildman–Crippen MR) is 118 cm³/mol. The average Bonchev–Trinajstić information content (AvgIpc) is 2.71. The minimum Gasteiger partial charge on any atom is -0.491 e. The van der Waals surface area contributed by atoms with Gasteiger partial charge in [-0.1, -0.05) is 103 Å². The standard InChI is InChI=1S/C25H41FO3/c1-2-3-4-5-6-7-8-9-10-11-12-13-14-15-16-17-20-29-24-19-18-22(25(27)28)21-23(24)26/h18-19,21H,2-17,20H2,1H3,(H,27,28). The van der Waals surface area contributed by atoms with Gasteiger partial charge >= 0.3 is 5.97 Å². The number of unbranched alkanes of at least 4 members (excludes halogenated alkanes) is 15. The van der Waals surface area contributed by atoms with E-state index in [1.54, 1.807) is 0 Å². The molecule has 3 nitrogen and oxygen atoms in total. The van der Waals surface area contributed by atoms with Crippen LogP contribution in [-0.2, 0) is 0 Å². The Hall–Kier alpha value is -1.58. The van der Waals surface area contributed by atoms with Crippen molar-refractivity contribution in [2.75, 3.05) is 6.61 Å².